The van der Waals surface area contributed by atoms with Crippen LogP contribution in [0.1, 0.15) is 22.9 Å². The highest BCUT2D eigenvalue weighted by Crippen LogP contribution is 2.47. The van der Waals surface area contributed by atoms with Gasteiger partial charge in [0.15, 0.2) is 0 Å². The molecule has 7 heteroatoms. The summed E-state index contributed by atoms with van der Waals surface area (Å²) >= 11 is 0. The van der Waals surface area contributed by atoms with Crippen LogP contribution in [0.5, 0.6) is 5.75 Å². The van der Waals surface area contributed by atoms with E-state index in [-0.39, 0.29) is 23.9 Å². The average molecular weight is 413 g/mol. The topological polar surface area (TPSA) is 49.7 Å². The molecule has 30 heavy (non-hydrogen) atoms. The number of nitrogens with one attached hydrogen (secondary N) is 1. The van der Waals surface area contributed by atoms with Crippen LogP contribution < -0.4 is 10.1 Å². The molecule has 0 unspecified atom stereocenters. The van der Waals surface area contributed by atoms with Gasteiger partial charge >= 0.3 is 0 Å². The molecule has 158 valence electrons. The molecule has 1 fully saturated rings. The second kappa shape index (κ2) is 7.04. The number of halogens is 2. The van der Waals surface area contributed by atoms with Gasteiger partial charge in [-0.15, -0.1) is 0 Å². The van der Waals surface area contributed by atoms with Gasteiger partial charge < -0.3 is 19.7 Å². The Kier molecular flexibility index (Phi) is 4.57. The summed E-state index contributed by atoms with van der Waals surface area (Å²) in [6.07, 6.45) is 0. The molecule has 0 saturated carbocycles. The lowest BCUT2D eigenvalue weighted by Gasteiger charge is -2.54. The molecular formula is C23H25F2N3O2. The van der Waals surface area contributed by atoms with Crippen LogP contribution in [0.25, 0.3) is 10.9 Å². The third-order valence-corrected chi connectivity index (χ3v) is 6.64. The molecule has 0 aliphatic carbocycles. The van der Waals surface area contributed by atoms with Crippen LogP contribution in [0.2, 0.25) is 0 Å². The molecule has 2 aliphatic heterocycles. The number of fused-ring (bicyclic) bond motifs is 4. The summed E-state index contributed by atoms with van der Waals surface area (Å²) in [5.41, 5.74) is 3.65. The zero-order chi connectivity index (χ0) is 21.0. The minimum atomic E-state index is -0.419. The first-order chi connectivity index (χ1) is 14.5. The molecule has 3 aromatic rings. The normalized spacial score (nSPS) is 20.4. The lowest BCUT2D eigenvalue weighted by molar-refractivity contribution is 0.0434. The summed E-state index contributed by atoms with van der Waals surface area (Å²) in [5.74, 6) is -0.00530. The Labute approximate surface area is 173 Å². The van der Waals surface area contributed by atoms with E-state index in [2.05, 4.69) is 20.9 Å². The van der Waals surface area contributed by atoms with Gasteiger partial charge in [0.2, 0.25) is 0 Å². The van der Waals surface area contributed by atoms with E-state index in [1.807, 2.05) is 19.2 Å². The van der Waals surface area contributed by atoms with Crippen molar-refractivity contribution in [3.05, 3.63) is 64.9 Å². The first-order valence-electron chi connectivity index (χ1n) is 10.1. The summed E-state index contributed by atoms with van der Waals surface area (Å²) in [7, 11) is 3.67. The van der Waals surface area contributed by atoms with Crippen molar-refractivity contribution in [2.45, 2.75) is 18.0 Å². The van der Waals surface area contributed by atoms with Gasteiger partial charge in [0.1, 0.15) is 17.4 Å². The van der Waals surface area contributed by atoms with Crippen molar-refractivity contribution < 1.29 is 18.6 Å². The summed E-state index contributed by atoms with van der Waals surface area (Å²) in [6, 6.07) is 9.54. The highest BCUT2D eigenvalue weighted by atomic mass is 19.1. The number of ether oxygens (including phenoxy) is 1. The fourth-order valence-corrected chi connectivity index (χ4v) is 5.28. The van der Waals surface area contributed by atoms with Gasteiger partial charge in [-0.2, -0.15) is 0 Å². The molecule has 1 aromatic heterocycles. The zero-order valence-electron chi connectivity index (χ0n) is 17.1. The quantitative estimate of drug-likeness (QED) is 0.691. The minimum absolute atomic E-state index is 0.0165. The van der Waals surface area contributed by atoms with E-state index in [1.165, 1.54) is 17.7 Å². The van der Waals surface area contributed by atoms with Crippen LogP contribution in [0.3, 0.4) is 0 Å². The van der Waals surface area contributed by atoms with E-state index in [0.717, 1.165) is 48.0 Å². The Morgan fingerprint density at radius 2 is 2.00 bits per heavy atom. The number of likely N-dealkylation sites (tertiary alicyclic amines) is 1. The van der Waals surface area contributed by atoms with Crippen LogP contribution in [0.15, 0.2) is 36.4 Å². The maximum absolute atomic E-state index is 14.1. The molecule has 1 atom stereocenters. The van der Waals surface area contributed by atoms with Gasteiger partial charge in [-0.3, -0.25) is 4.90 Å². The highest BCUT2D eigenvalue weighted by molar-refractivity contribution is 5.89. The number of aromatic nitrogens is 1. The maximum Gasteiger partial charge on any atom is 0.127 e. The number of rotatable bonds is 4. The molecule has 1 saturated heterocycles. The summed E-state index contributed by atoms with van der Waals surface area (Å²) < 4.78 is 35.2. The monoisotopic (exact) mass is 413 g/mol. The van der Waals surface area contributed by atoms with Gasteiger partial charge in [-0.25, -0.2) is 8.78 Å². The van der Waals surface area contributed by atoms with E-state index >= 15 is 0 Å². The molecule has 2 N–H and O–H groups in total. The van der Waals surface area contributed by atoms with Crippen LogP contribution in [0.4, 0.5) is 8.78 Å². The number of nitrogens with zero attached hydrogens (tertiary/aromatic N) is 2. The van der Waals surface area contributed by atoms with Crippen molar-refractivity contribution >= 4 is 10.9 Å². The molecule has 2 aliphatic rings. The Hall–Kier alpha value is -2.48. The van der Waals surface area contributed by atoms with E-state index in [1.54, 1.807) is 7.11 Å². The Morgan fingerprint density at radius 1 is 1.20 bits per heavy atom. The number of methoxy groups -OCH3 is 1. The summed E-state index contributed by atoms with van der Waals surface area (Å²) in [5, 5.41) is 14.6. The number of aliphatic hydroxyl groups is 1. The SMILES string of the molecule is COc1ccc2c3c(n(C)c2c1)[C@H](CO)NCC31CN(Cc2cc(F)ccc2F)C1. The largest absolute Gasteiger partial charge is 0.497 e. The van der Waals surface area contributed by atoms with Crippen molar-refractivity contribution in [3.63, 3.8) is 0 Å². The molecule has 0 radical (unpaired) electrons. The number of hydrogen-bond acceptors (Lipinski definition) is 4. The van der Waals surface area contributed by atoms with Gasteiger partial charge in [-0.1, -0.05) is 0 Å². The number of aryl methyl sites for hydroxylation is 1. The average Bonchev–Trinajstić information content (AvgIpc) is 3.02. The van der Waals surface area contributed by atoms with Gasteiger partial charge in [0.25, 0.3) is 0 Å². The van der Waals surface area contributed by atoms with E-state index in [0.29, 0.717) is 12.1 Å². The highest BCUT2D eigenvalue weighted by Gasteiger charge is 2.50. The molecule has 0 amide bonds. The molecule has 2 aromatic carbocycles. The zero-order valence-corrected chi connectivity index (χ0v) is 17.1. The van der Waals surface area contributed by atoms with Crippen molar-refractivity contribution in [1.29, 1.82) is 0 Å². The van der Waals surface area contributed by atoms with Crippen molar-refractivity contribution in [1.82, 2.24) is 14.8 Å². The number of aliphatic hydroxyl groups excluding tert-OH is 1. The molecule has 1 spiro atoms. The molecule has 5 nitrogen and oxygen atoms in total. The van der Waals surface area contributed by atoms with E-state index in [9.17, 15) is 13.9 Å². The van der Waals surface area contributed by atoms with Crippen LogP contribution >= 0.6 is 0 Å². The standard InChI is InChI=1S/C23H25F2N3O2/c1-27-20-8-16(30-2)4-5-17(20)21-22(27)19(10-29)26-11-23(21)12-28(13-23)9-14-7-15(24)3-6-18(14)25/h3-8,19,26,29H,9-13H2,1-2H3/t19-/m0/s1. The Morgan fingerprint density at radius 3 is 2.73 bits per heavy atom. The summed E-state index contributed by atoms with van der Waals surface area (Å²) in [6.45, 7) is 2.61. The van der Waals surface area contributed by atoms with Crippen molar-refractivity contribution in [3.8, 4) is 5.75 Å². The first kappa shape index (κ1) is 19.5. The lowest BCUT2D eigenvalue weighted by atomic mass is 9.69. The van der Waals surface area contributed by atoms with Gasteiger partial charge in [0.05, 0.1) is 25.3 Å². The number of benzene rings is 2. The third-order valence-electron chi connectivity index (χ3n) is 6.64. The molecular weight excluding hydrogens is 388 g/mol. The molecule has 3 heterocycles. The maximum atomic E-state index is 14.1. The predicted octanol–water partition coefficient (Wildman–Crippen LogP) is 2.86. The lowest BCUT2D eigenvalue weighted by Crippen LogP contribution is -2.65. The van der Waals surface area contributed by atoms with Gasteiger partial charge in [-0.05, 0) is 35.9 Å². The van der Waals surface area contributed by atoms with Crippen molar-refractivity contribution in [2.75, 3.05) is 33.4 Å². The predicted molar refractivity (Wildman–Crippen MR) is 111 cm³/mol. The van der Waals surface area contributed by atoms with Crippen LogP contribution in [-0.2, 0) is 19.0 Å². The second-order valence-corrected chi connectivity index (χ2v) is 8.48. The Bertz CT molecular complexity index is 1120. The van der Waals surface area contributed by atoms with Crippen molar-refractivity contribution in [2.24, 2.45) is 7.05 Å². The third kappa shape index (κ3) is 2.84. The van der Waals surface area contributed by atoms with E-state index < -0.39 is 5.82 Å². The number of hydrogen-bond donors (Lipinski definition) is 2. The first-order valence-corrected chi connectivity index (χ1v) is 10.1. The fourth-order valence-electron chi connectivity index (χ4n) is 5.28. The smallest absolute Gasteiger partial charge is 0.127 e. The van der Waals surface area contributed by atoms with Gasteiger partial charge in [0, 0.05) is 61.4 Å². The summed E-state index contributed by atoms with van der Waals surface area (Å²) in [4.78, 5) is 2.14. The van der Waals surface area contributed by atoms with Crippen LogP contribution in [0, 0.1) is 11.6 Å². The molecule has 0 bridgehead atoms. The minimum Gasteiger partial charge on any atom is -0.497 e. The second-order valence-electron chi connectivity index (χ2n) is 8.48. The Balaban J connectivity index is 1.52. The van der Waals surface area contributed by atoms with E-state index in [4.69, 9.17) is 4.74 Å². The fraction of sp³-hybridized carbons (Fsp3) is 0.391. The van der Waals surface area contributed by atoms with Crippen LogP contribution in [-0.4, -0.2) is 47.9 Å². The molecule has 5 rings (SSSR count).